The van der Waals surface area contributed by atoms with Crippen molar-refractivity contribution in [1.29, 1.82) is 0 Å². The van der Waals surface area contributed by atoms with Gasteiger partial charge in [-0.3, -0.25) is 0 Å². The molecule has 0 unspecified atom stereocenters. The third-order valence-corrected chi connectivity index (χ3v) is 11.9. The highest BCUT2D eigenvalue weighted by Gasteiger charge is 2.55. The van der Waals surface area contributed by atoms with Gasteiger partial charge in [0.25, 0.3) is 0 Å². The molecule has 0 heterocycles. The standard InChI is InChI=1S/C30H52N2/c1-21(2)23-13-17-27(5)15-9-11-25(29(27,7)19-23)31-32-26-12-10-16-28(6)18-14-24(22(3)4)20-30(26,28)8/h21-24H,9-20H2,1-8H3/b31-25-,32-26-/t23-,24+,27-,28+,29-,30+. The van der Waals surface area contributed by atoms with Crippen molar-refractivity contribution in [3.8, 4) is 0 Å². The molecule has 32 heavy (non-hydrogen) atoms. The van der Waals surface area contributed by atoms with Gasteiger partial charge in [0.05, 0.1) is 0 Å². The van der Waals surface area contributed by atoms with Crippen molar-refractivity contribution in [2.45, 2.75) is 132 Å². The average molecular weight is 441 g/mol. The molecule has 0 spiro atoms. The van der Waals surface area contributed by atoms with Crippen molar-refractivity contribution >= 4 is 11.4 Å². The highest BCUT2D eigenvalue weighted by Crippen LogP contribution is 2.61. The van der Waals surface area contributed by atoms with E-state index in [4.69, 9.17) is 10.2 Å². The fourth-order valence-electron chi connectivity index (χ4n) is 8.46. The molecule has 182 valence electrons. The molecule has 0 saturated heterocycles. The Morgan fingerprint density at radius 1 is 0.625 bits per heavy atom. The first-order chi connectivity index (χ1) is 14.9. The number of hydrogen-bond donors (Lipinski definition) is 0. The van der Waals surface area contributed by atoms with E-state index in [-0.39, 0.29) is 10.8 Å². The van der Waals surface area contributed by atoms with Crippen LogP contribution in [0, 0.1) is 45.3 Å². The zero-order valence-corrected chi connectivity index (χ0v) is 22.7. The molecule has 4 fully saturated rings. The summed E-state index contributed by atoms with van der Waals surface area (Å²) >= 11 is 0. The third kappa shape index (κ3) is 3.84. The maximum absolute atomic E-state index is 5.24. The summed E-state index contributed by atoms with van der Waals surface area (Å²) in [7, 11) is 0. The van der Waals surface area contributed by atoms with E-state index in [1.807, 2.05) is 0 Å². The van der Waals surface area contributed by atoms with E-state index in [1.165, 1.54) is 75.6 Å². The minimum atomic E-state index is 0.231. The first kappa shape index (κ1) is 24.5. The van der Waals surface area contributed by atoms with Gasteiger partial charge in [-0.2, -0.15) is 10.2 Å². The van der Waals surface area contributed by atoms with Crippen molar-refractivity contribution in [3.05, 3.63) is 0 Å². The first-order valence-corrected chi connectivity index (χ1v) is 14.1. The lowest BCUT2D eigenvalue weighted by Gasteiger charge is -2.57. The van der Waals surface area contributed by atoms with Crippen LogP contribution in [0.15, 0.2) is 10.2 Å². The topological polar surface area (TPSA) is 24.7 Å². The number of nitrogens with zero attached hydrogens (tertiary/aromatic N) is 2. The van der Waals surface area contributed by atoms with E-state index in [9.17, 15) is 0 Å². The maximum atomic E-state index is 5.24. The normalized spacial score (nSPS) is 47.7. The molecule has 2 heteroatoms. The number of rotatable bonds is 3. The molecule has 2 nitrogen and oxygen atoms in total. The smallest absolute Gasteiger partial charge is 0.0470 e. The summed E-state index contributed by atoms with van der Waals surface area (Å²) in [6.45, 7) is 20.0. The maximum Gasteiger partial charge on any atom is 0.0470 e. The molecule has 4 rings (SSSR count). The Labute approximate surface area is 199 Å². The summed E-state index contributed by atoms with van der Waals surface area (Å²) in [5.74, 6) is 3.23. The summed E-state index contributed by atoms with van der Waals surface area (Å²) in [5, 5.41) is 10.5. The lowest BCUT2D eigenvalue weighted by molar-refractivity contribution is 0.00945. The second kappa shape index (κ2) is 8.53. The lowest BCUT2D eigenvalue weighted by atomic mass is 9.48. The van der Waals surface area contributed by atoms with E-state index >= 15 is 0 Å². The van der Waals surface area contributed by atoms with Crippen molar-refractivity contribution in [2.75, 3.05) is 0 Å². The lowest BCUT2D eigenvalue weighted by Crippen LogP contribution is -2.52. The zero-order chi connectivity index (χ0) is 23.4. The molecular formula is C30H52N2. The highest BCUT2D eigenvalue weighted by atomic mass is 15.2. The van der Waals surface area contributed by atoms with Crippen LogP contribution < -0.4 is 0 Å². The van der Waals surface area contributed by atoms with Gasteiger partial charge < -0.3 is 0 Å². The Morgan fingerprint density at radius 2 is 1.00 bits per heavy atom. The highest BCUT2D eigenvalue weighted by molar-refractivity contribution is 5.95. The summed E-state index contributed by atoms with van der Waals surface area (Å²) < 4.78 is 0. The second-order valence-electron chi connectivity index (χ2n) is 14.1. The molecule has 0 radical (unpaired) electrons. The van der Waals surface area contributed by atoms with Crippen LogP contribution in [0.2, 0.25) is 0 Å². The summed E-state index contributed by atoms with van der Waals surface area (Å²) in [5.41, 5.74) is 4.16. The fourth-order valence-corrected chi connectivity index (χ4v) is 8.46. The average Bonchev–Trinajstić information content (AvgIpc) is 2.72. The van der Waals surface area contributed by atoms with E-state index in [2.05, 4.69) is 55.4 Å². The molecule has 6 atom stereocenters. The number of hydrogen-bond acceptors (Lipinski definition) is 2. The molecule has 4 aliphatic carbocycles. The Hall–Kier alpha value is -0.660. The van der Waals surface area contributed by atoms with Crippen molar-refractivity contribution < 1.29 is 0 Å². The van der Waals surface area contributed by atoms with Gasteiger partial charge in [-0.05, 0) is 112 Å². The molecular weight excluding hydrogens is 388 g/mol. The van der Waals surface area contributed by atoms with Gasteiger partial charge in [0.2, 0.25) is 0 Å². The molecule has 0 aromatic rings. The molecule has 0 aliphatic heterocycles. The van der Waals surface area contributed by atoms with Crippen LogP contribution in [0.4, 0.5) is 0 Å². The molecule has 0 aromatic carbocycles. The van der Waals surface area contributed by atoms with Gasteiger partial charge in [-0.15, -0.1) is 0 Å². The van der Waals surface area contributed by atoms with Crippen LogP contribution >= 0.6 is 0 Å². The molecule has 0 N–H and O–H groups in total. The van der Waals surface area contributed by atoms with E-state index in [0.717, 1.165) is 36.5 Å². The minimum absolute atomic E-state index is 0.231. The van der Waals surface area contributed by atoms with Crippen LogP contribution in [0.1, 0.15) is 132 Å². The summed E-state index contributed by atoms with van der Waals surface area (Å²) in [4.78, 5) is 0. The monoisotopic (exact) mass is 440 g/mol. The molecule has 0 aromatic heterocycles. The first-order valence-electron chi connectivity index (χ1n) is 14.1. The summed E-state index contributed by atoms with van der Waals surface area (Å²) in [6.07, 6.45) is 15.8. The number of fused-ring (bicyclic) bond motifs is 2. The van der Waals surface area contributed by atoms with Crippen molar-refractivity contribution in [1.82, 2.24) is 0 Å². The Kier molecular flexibility index (Phi) is 6.52. The largest absolute Gasteiger partial charge is 0.160 e. The second-order valence-corrected chi connectivity index (χ2v) is 14.1. The quantitative estimate of drug-likeness (QED) is 0.391. The zero-order valence-electron chi connectivity index (χ0n) is 22.7. The van der Waals surface area contributed by atoms with Gasteiger partial charge >= 0.3 is 0 Å². The van der Waals surface area contributed by atoms with E-state index < -0.39 is 0 Å². The Morgan fingerprint density at radius 3 is 1.34 bits per heavy atom. The van der Waals surface area contributed by atoms with Crippen molar-refractivity contribution in [2.24, 2.45) is 55.5 Å². The van der Waals surface area contributed by atoms with Gasteiger partial charge in [0.15, 0.2) is 0 Å². The van der Waals surface area contributed by atoms with E-state index in [1.54, 1.807) is 0 Å². The van der Waals surface area contributed by atoms with Crippen LogP contribution in [-0.4, -0.2) is 11.4 Å². The van der Waals surface area contributed by atoms with Gasteiger partial charge in [0, 0.05) is 22.3 Å². The molecule has 4 saturated carbocycles. The predicted molar refractivity (Wildman–Crippen MR) is 139 cm³/mol. The third-order valence-electron chi connectivity index (χ3n) is 11.9. The van der Waals surface area contributed by atoms with Gasteiger partial charge in [-0.25, -0.2) is 0 Å². The SMILES string of the molecule is CC(C)[C@@H]1CC[C@@]2(C)CCC/C(=N/N=C3/CCC[C@@]4(C)CC[C@H](C(C)C)C[C@@]34C)[C@@]2(C)C1. The predicted octanol–water partition coefficient (Wildman–Crippen LogP) is 9.09. The molecule has 0 bridgehead atoms. The Balaban J connectivity index is 1.68. The van der Waals surface area contributed by atoms with Crippen molar-refractivity contribution in [3.63, 3.8) is 0 Å². The van der Waals surface area contributed by atoms with E-state index in [0.29, 0.717) is 10.8 Å². The van der Waals surface area contributed by atoms with Crippen LogP contribution in [-0.2, 0) is 0 Å². The van der Waals surface area contributed by atoms with Crippen LogP contribution in [0.3, 0.4) is 0 Å². The fraction of sp³-hybridized carbons (Fsp3) is 0.933. The van der Waals surface area contributed by atoms with Crippen LogP contribution in [0.25, 0.3) is 0 Å². The minimum Gasteiger partial charge on any atom is -0.160 e. The Bertz CT molecular complexity index is 699. The molecule has 0 amide bonds. The van der Waals surface area contributed by atoms with Gasteiger partial charge in [0.1, 0.15) is 0 Å². The molecule has 4 aliphatic rings. The summed E-state index contributed by atoms with van der Waals surface area (Å²) in [6, 6.07) is 0. The van der Waals surface area contributed by atoms with Gasteiger partial charge in [-0.1, -0.05) is 55.4 Å². The van der Waals surface area contributed by atoms with Crippen LogP contribution in [0.5, 0.6) is 0 Å².